The van der Waals surface area contributed by atoms with Gasteiger partial charge in [-0.1, -0.05) is 0 Å². The maximum Gasteiger partial charge on any atom is 0.267 e. The Morgan fingerprint density at radius 3 is 2.95 bits per heavy atom. The fraction of sp³-hybridized carbons (Fsp3) is 0.143. The van der Waals surface area contributed by atoms with E-state index in [0.717, 1.165) is 21.2 Å². The molecule has 3 rings (SSSR count). The summed E-state index contributed by atoms with van der Waals surface area (Å²) >= 11 is 1.43. The van der Waals surface area contributed by atoms with E-state index in [2.05, 4.69) is 4.98 Å². The summed E-state index contributed by atoms with van der Waals surface area (Å²) in [5, 5.41) is 9.24. The molecule has 0 radical (unpaired) electrons. The van der Waals surface area contributed by atoms with Crippen LogP contribution in [-0.4, -0.2) is 29.3 Å². The van der Waals surface area contributed by atoms with Crippen LogP contribution in [0.4, 0.5) is 0 Å². The third-order valence-electron chi connectivity index (χ3n) is 2.82. The van der Waals surface area contributed by atoms with E-state index in [1.807, 2.05) is 18.2 Å². The largest absolute Gasteiger partial charge is 0.486 e. The number of nitrogens with zero attached hydrogens (tertiary/aromatic N) is 1. The first-order valence-electron chi connectivity index (χ1n) is 6.24. The summed E-state index contributed by atoms with van der Waals surface area (Å²) < 4.78 is 11.0. The fourth-order valence-corrected chi connectivity index (χ4v) is 2.68. The second kappa shape index (κ2) is 5.94. The zero-order valence-electron chi connectivity index (χ0n) is 10.9. The van der Waals surface area contributed by atoms with Crippen LogP contribution < -0.4 is 15.0 Å². The van der Waals surface area contributed by atoms with Gasteiger partial charge in [0.05, 0.1) is 0 Å². The molecule has 0 atom stereocenters. The van der Waals surface area contributed by atoms with E-state index in [1.54, 1.807) is 12.3 Å². The molecule has 1 aliphatic heterocycles. The molecule has 1 amide bonds. The van der Waals surface area contributed by atoms with Crippen LogP contribution in [0.1, 0.15) is 4.88 Å². The molecule has 1 aromatic carbocycles. The van der Waals surface area contributed by atoms with Gasteiger partial charge in [0, 0.05) is 22.7 Å². The fourth-order valence-electron chi connectivity index (χ4n) is 1.87. The van der Waals surface area contributed by atoms with Gasteiger partial charge in [0.2, 0.25) is 0 Å². The van der Waals surface area contributed by atoms with Gasteiger partial charge >= 0.3 is 0 Å². The van der Waals surface area contributed by atoms with Crippen LogP contribution in [0.25, 0.3) is 16.6 Å². The maximum absolute atomic E-state index is 10.9. The molecule has 2 N–H and O–H groups in total. The van der Waals surface area contributed by atoms with Gasteiger partial charge in [0.25, 0.3) is 5.91 Å². The number of benzene rings is 1. The summed E-state index contributed by atoms with van der Waals surface area (Å²) in [4.78, 5) is 16.1. The highest BCUT2D eigenvalue weighted by Gasteiger charge is 2.13. The number of hydroxylamine groups is 1. The lowest BCUT2D eigenvalue weighted by Gasteiger charge is -2.18. The van der Waals surface area contributed by atoms with Crippen LogP contribution in [0.15, 0.2) is 30.5 Å². The number of carbonyl (C=O) groups excluding carboxylic acids is 1. The first-order valence-corrected chi connectivity index (χ1v) is 7.06. The first kappa shape index (κ1) is 13.6. The molecule has 0 unspecified atom stereocenters. The zero-order chi connectivity index (χ0) is 14.7. The molecular weight excluding hydrogens is 292 g/mol. The summed E-state index contributed by atoms with van der Waals surface area (Å²) in [6, 6.07) is 5.67. The van der Waals surface area contributed by atoms with Crippen molar-refractivity contribution >= 4 is 23.3 Å². The number of amides is 1. The number of ether oxygens (including phenoxy) is 2. The van der Waals surface area contributed by atoms with Crippen LogP contribution in [0.2, 0.25) is 0 Å². The molecule has 2 aromatic rings. The van der Waals surface area contributed by atoms with Gasteiger partial charge < -0.3 is 9.47 Å². The molecule has 0 spiro atoms. The van der Waals surface area contributed by atoms with E-state index < -0.39 is 5.91 Å². The number of thiazole rings is 1. The third-order valence-corrected chi connectivity index (χ3v) is 3.83. The van der Waals surface area contributed by atoms with Gasteiger partial charge in [-0.2, -0.15) is 0 Å². The van der Waals surface area contributed by atoms with Crippen LogP contribution in [0.3, 0.4) is 0 Å². The van der Waals surface area contributed by atoms with Crippen molar-refractivity contribution in [1.29, 1.82) is 0 Å². The van der Waals surface area contributed by atoms with Crippen molar-refractivity contribution in [3.05, 3.63) is 35.3 Å². The highest BCUT2D eigenvalue weighted by molar-refractivity contribution is 7.15. The molecule has 2 heterocycles. The second-order valence-corrected chi connectivity index (χ2v) is 5.30. The van der Waals surface area contributed by atoms with Crippen molar-refractivity contribution in [2.24, 2.45) is 0 Å². The van der Waals surface area contributed by atoms with E-state index in [-0.39, 0.29) is 0 Å². The van der Waals surface area contributed by atoms with Crippen molar-refractivity contribution in [3.8, 4) is 22.1 Å². The lowest BCUT2D eigenvalue weighted by Crippen LogP contribution is -2.15. The average molecular weight is 304 g/mol. The number of hydrogen-bond acceptors (Lipinski definition) is 6. The minimum atomic E-state index is -0.579. The number of hydrogen-bond donors (Lipinski definition) is 2. The van der Waals surface area contributed by atoms with Gasteiger partial charge in [0.1, 0.15) is 18.2 Å². The SMILES string of the molecule is O=C(/C=C/c1cnc(-c2ccc3c(c2)OCCO3)s1)NO. The number of nitrogens with one attached hydrogen (secondary N) is 1. The highest BCUT2D eigenvalue weighted by atomic mass is 32.1. The molecule has 0 saturated heterocycles. The minimum Gasteiger partial charge on any atom is -0.486 e. The lowest BCUT2D eigenvalue weighted by molar-refractivity contribution is -0.124. The molecule has 0 saturated carbocycles. The molecule has 21 heavy (non-hydrogen) atoms. The van der Waals surface area contributed by atoms with E-state index >= 15 is 0 Å². The second-order valence-electron chi connectivity index (χ2n) is 4.24. The third kappa shape index (κ3) is 3.04. The monoisotopic (exact) mass is 304 g/mol. The number of aromatic nitrogens is 1. The lowest BCUT2D eigenvalue weighted by atomic mass is 10.2. The Morgan fingerprint density at radius 1 is 1.33 bits per heavy atom. The van der Waals surface area contributed by atoms with E-state index in [9.17, 15) is 4.79 Å². The molecular formula is C14H12N2O4S. The van der Waals surface area contributed by atoms with Gasteiger partial charge in [-0.15, -0.1) is 11.3 Å². The van der Waals surface area contributed by atoms with E-state index in [1.165, 1.54) is 22.9 Å². The predicted octanol–water partition coefficient (Wildman–Crippen LogP) is 2.10. The minimum absolute atomic E-state index is 0.540. The van der Waals surface area contributed by atoms with Gasteiger partial charge in [-0.3, -0.25) is 10.0 Å². The molecule has 6 nitrogen and oxygen atoms in total. The topological polar surface area (TPSA) is 80.7 Å². The average Bonchev–Trinajstić information content (AvgIpc) is 3.01. The molecule has 0 bridgehead atoms. The molecule has 1 aliphatic rings. The Kier molecular flexibility index (Phi) is 3.85. The molecule has 1 aromatic heterocycles. The Balaban J connectivity index is 1.83. The van der Waals surface area contributed by atoms with Crippen LogP contribution in [-0.2, 0) is 4.79 Å². The van der Waals surface area contributed by atoms with Crippen LogP contribution >= 0.6 is 11.3 Å². The number of rotatable bonds is 3. The van der Waals surface area contributed by atoms with Crippen molar-refractivity contribution in [2.45, 2.75) is 0 Å². The molecule has 0 aliphatic carbocycles. The van der Waals surface area contributed by atoms with E-state index in [4.69, 9.17) is 14.7 Å². The standard InChI is InChI=1S/C14H12N2O4S/c17-13(16-18)4-2-10-8-15-14(21-10)9-1-3-11-12(7-9)20-6-5-19-11/h1-4,7-8,18H,5-6H2,(H,16,17)/b4-2+. The smallest absolute Gasteiger partial charge is 0.267 e. The summed E-state index contributed by atoms with van der Waals surface area (Å²) in [6.45, 7) is 1.10. The Bertz CT molecular complexity index is 696. The van der Waals surface area contributed by atoms with Crippen LogP contribution in [0, 0.1) is 0 Å². The summed E-state index contributed by atoms with van der Waals surface area (Å²) in [7, 11) is 0. The Morgan fingerprint density at radius 2 is 2.14 bits per heavy atom. The predicted molar refractivity (Wildman–Crippen MR) is 77.5 cm³/mol. The summed E-state index contributed by atoms with van der Waals surface area (Å²) in [5.74, 6) is 0.872. The van der Waals surface area contributed by atoms with Crippen molar-refractivity contribution in [2.75, 3.05) is 13.2 Å². The van der Waals surface area contributed by atoms with Gasteiger partial charge in [0.15, 0.2) is 11.5 Å². The maximum atomic E-state index is 10.9. The molecule has 7 heteroatoms. The van der Waals surface area contributed by atoms with Crippen molar-refractivity contribution in [1.82, 2.24) is 10.5 Å². The first-order chi connectivity index (χ1) is 10.3. The summed E-state index contributed by atoms with van der Waals surface area (Å²) in [6.07, 6.45) is 4.49. The number of carbonyl (C=O) groups is 1. The van der Waals surface area contributed by atoms with E-state index in [0.29, 0.717) is 19.0 Å². The van der Waals surface area contributed by atoms with Gasteiger partial charge in [-0.05, 0) is 24.3 Å². The molecule has 108 valence electrons. The highest BCUT2D eigenvalue weighted by Crippen LogP contribution is 2.35. The Labute approximate surface area is 124 Å². The normalized spacial score (nSPS) is 13.4. The quantitative estimate of drug-likeness (QED) is 0.515. The van der Waals surface area contributed by atoms with Crippen molar-refractivity contribution < 1.29 is 19.5 Å². The molecule has 0 fully saturated rings. The summed E-state index contributed by atoms with van der Waals surface area (Å²) in [5.41, 5.74) is 2.46. The number of fused-ring (bicyclic) bond motifs is 1. The van der Waals surface area contributed by atoms with Crippen molar-refractivity contribution in [3.63, 3.8) is 0 Å². The zero-order valence-corrected chi connectivity index (χ0v) is 11.7. The Hall–Kier alpha value is -2.38. The van der Waals surface area contributed by atoms with Gasteiger partial charge in [-0.25, -0.2) is 10.5 Å². The van der Waals surface area contributed by atoms with Crippen LogP contribution in [0.5, 0.6) is 11.5 Å².